The number of rotatable bonds is 2. The maximum absolute atomic E-state index is 9.60. The Balaban J connectivity index is -0.0000000417. The van der Waals surface area contributed by atoms with Crippen molar-refractivity contribution in [2.24, 2.45) is 0 Å². The molecule has 0 rings (SSSR count). The van der Waals surface area contributed by atoms with Gasteiger partial charge in [-0.05, 0) is 0 Å². The van der Waals surface area contributed by atoms with Crippen LogP contribution in [-0.4, -0.2) is 44.0 Å². The Bertz CT molecular complexity index is 56.2. The summed E-state index contributed by atoms with van der Waals surface area (Å²) in [6.07, 6.45) is 0.292. The molecule has 0 atom stereocenters. The first-order valence-corrected chi connectivity index (χ1v) is 3.12. The first-order valence-electron chi connectivity index (χ1n) is 1.63. The van der Waals surface area contributed by atoms with Gasteiger partial charge in [0.1, 0.15) is 0 Å². The molecule has 0 saturated carbocycles. The Kier molecular flexibility index (Phi) is 40.3. The summed E-state index contributed by atoms with van der Waals surface area (Å²) in [5.74, 6) is -0.711. The van der Waals surface area contributed by atoms with Gasteiger partial charge in [0.15, 0.2) is 0 Å². The minimum absolute atomic E-state index is 0. The number of hydrogen-bond donors (Lipinski definition) is 1. The summed E-state index contributed by atoms with van der Waals surface area (Å²) in [7, 11) is 0. The van der Waals surface area contributed by atoms with Crippen molar-refractivity contribution in [3.8, 4) is 0 Å². The summed E-state index contributed by atoms with van der Waals surface area (Å²) in [6, 6.07) is 0. The Labute approximate surface area is 61.2 Å². The van der Waals surface area contributed by atoms with Crippen LogP contribution in [0.3, 0.4) is 0 Å². The van der Waals surface area contributed by atoms with Gasteiger partial charge in [0.25, 0.3) is 0 Å². The van der Waals surface area contributed by atoms with Crippen molar-refractivity contribution in [3.05, 3.63) is 0 Å². The second-order valence-corrected chi connectivity index (χ2v) is 1.94. The van der Waals surface area contributed by atoms with Crippen LogP contribution in [0.25, 0.3) is 0 Å². The molecule has 0 aromatic heterocycles. The number of carboxylic acid groups (broad SMARTS) is 1. The fourth-order valence-corrected chi connectivity index (χ4v) is 0.556. The van der Waals surface area contributed by atoms with Crippen LogP contribution >= 0.6 is 0 Å². The monoisotopic (exact) mass is 198 g/mol. The van der Waals surface area contributed by atoms with E-state index in [2.05, 4.69) is 0 Å². The van der Waals surface area contributed by atoms with Crippen molar-refractivity contribution in [2.75, 3.05) is 0 Å². The maximum Gasteiger partial charge on any atom is -0.870 e. The molecular formula is C3H8GeO5. The normalized spacial score (nSPS) is 5.56. The number of carboxylic acids is 1. The maximum atomic E-state index is 9.60. The van der Waals surface area contributed by atoms with Crippen LogP contribution in [0.1, 0.15) is 6.42 Å². The van der Waals surface area contributed by atoms with E-state index in [0.29, 0.717) is 6.42 Å². The SMILES string of the molecule is O=C(O)C[CH2][Ge+3].[OH-].[OH-].[OH-]. The van der Waals surface area contributed by atoms with Gasteiger partial charge in [-0.2, -0.15) is 0 Å². The molecule has 0 amide bonds. The van der Waals surface area contributed by atoms with E-state index in [1.54, 1.807) is 0 Å². The van der Waals surface area contributed by atoms with Gasteiger partial charge < -0.3 is 16.4 Å². The quantitative estimate of drug-likeness (QED) is 0.597. The average molecular weight is 197 g/mol. The van der Waals surface area contributed by atoms with Crippen molar-refractivity contribution < 1.29 is 26.3 Å². The van der Waals surface area contributed by atoms with E-state index in [1.807, 2.05) is 16.5 Å². The molecule has 9 heavy (non-hydrogen) atoms. The van der Waals surface area contributed by atoms with Crippen LogP contribution in [0, 0.1) is 0 Å². The molecule has 0 heterocycles. The van der Waals surface area contributed by atoms with Crippen LogP contribution in [0.5, 0.6) is 0 Å². The summed E-state index contributed by atoms with van der Waals surface area (Å²) < 4.78 is 0. The topological polar surface area (TPSA) is 127 Å². The number of hydrogen-bond acceptors (Lipinski definition) is 4. The van der Waals surface area contributed by atoms with E-state index in [0.717, 1.165) is 5.25 Å². The van der Waals surface area contributed by atoms with Gasteiger partial charge in [-0.1, -0.05) is 0 Å². The molecule has 0 aliphatic heterocycles. The van der Waals surface area contributed by atoms with Gasteiger partial charge in [-0.25, -0.2) is 0 Å². The molecule has 0 aliphatic rings. The molecule has 0 aliphatic carbocycles. The van der Waals surface area contributed by atoms with Crippen LogP contribution in [0.15, 0.2) is 0 Å². The van der Waals surface area contributed by atoms with E-state index >= 15 is 0 Å². The molecule has 54 valence electrons. The minimum atomic E-state index is -0.711. The van der Waals surface area contributed by atoms with Gasteiger partial charge in [0.2, 0.25) is 0 Å². The standard InChI is InChI=1S/C3H5GeO2.3H2O/c4-2-1-3(5)6;;;/h1-2H2,(H,5,6);3*1H2/q+3;;;/p-3. The van der Waals surface area contributed by atoms with Gasteiger partial charge >= 0.3 is 44.1 Å². The summed E-state index contributed by atoms with van der Waals surface area (Å²) in [5.41, 5.74) is 0. The molecule has 0 saturated heterocycles. The van der Waals surface area contributed by atoms with E-state index in [9.17, 15) is 4.79 Å². The average Bonchev–Trinajstić information content (AvgIpc) is 1.35. The predicted octanol–water partition coefficient (Wildman–Crippen LogP) is -0.482. The minimum Gasteiger partial charge on any atom is -0.870 e. The van der Waals surface area contributed by atoms with E-state index in [-0.39, 0.29) is 16.4 Å². The second kappa shape index (κ2) is 15.7. The van der Waals surface area contributed by atoms with Crippen LogP contribution in [0.2, 0.25) is 5.25 Å². The zero-order chi connectivity index (χ0) is 4.99. The summed E-state index contributed by atoms with van der Waals surface area (Å²) >= 11 is 1.84. The molecule has 0 radical (unpaired) electrons. The molecule has 0 fully saturated rings. The Morgan fingerprint density at radius 2 is 1.67 bits per heavy atom. The van der Waals surface area contributed by atoms with E-state index in [1.165, 1.54) is 0 Å². The summed E-state index contributed by atoms with van der Waals surface area (Å²) in [4.78, 5) is 9.60. The molecule has 0 bridgehead atoms. The van der Waals surface area contributed by atoms with Crippen LogP contribution in [0.4, 0.5) is 0 Å². The molecule has 0 unspecified atom stereocenters. The van der Waals surface area contributed by atoms with Gasteiger partial charge in [0.05, 0.1) is 0 Å². The summed E-state index contributed by atoms with van der Waals surface area (Å²) in [6.45, 7) is 0. The predicted molar refractivity (Wildman–Crippen MR) is 28.6 cm³/mol. The molecule has 0 spiro atoms. The molecular weight excluding hydrogens is 189 g/mol. The second-order valence-electron chi connectivity index (χ2n) is 0.894. The van der Waals surface area contributed by atoms with Crippen molar-refractivity contribution in [2.45, 2.75) is 11.7 Å². The first kappa shape index (κ1) is 23.1. The Morgan fingerprint density at radius 3 is 1.67 bits per heavy atom. The third-order valence-corrected chi connectivity index (χ3v) is 0.863. The van der Waals surface area contributed by atoms with Crippen molar-refractivity contribution in [1.82, 2.24) is 0 Å². The van der Waals surface area contributed by atoms with Crippen molar-refractivity contribution in [3.63, 3.8) is 0 Å². The van der Waals surface area contributed by atoms with Crippen LogP contribution < -0.4 is 0 Å². The summed E-state index contributed by atoms with van der Waals surface area (Å²) in [5, 5.41) is 8.64. The van der Waals surface area contributed by atoms with E-state index < -0.39 is 5.97 Å². The zero-order valence-corrected chi connectivity index (χ0v) is 6.71. The molecule has 0 aromatic rings. The molecule has 0 aromatic carbocycles. The molecule has 4 N–H and O–H groups in total. The Hall–Kier alpha value is -0.107. The van der Waals surface area contributed by atoms with Crippen molar-refractivity contribution in [1.29, 1.82) is 0 Å². The zero-order valence-electron chi connectivity index (χ0n) is 4.61. The van der Waals surface area contributed by atoms with Gasteiger partial charge in [0, 0.05) is 0 Å². The number of carbonyl (C=O) groups is 1. The number of aliphatic carboxylic acids is 1. The molecule has 6 heteroatoms. The van der Waals surface area contributed by atoms with Gasteiger partial charge in [-0.3, -0.25) is 0 Å². The largest absolute Gasteiger partial charge is 0.870 e. The Morgan fingerprint density at radius 1 is 1.33 bits per heavy atom. The fourth-order valence-electron chi connectivity index (χ4n) is 0.107. The van der Waals surface area contributed by atoms with E-state index in [4.69, 9.17) is 5.11 Å². The van der Waals surface area contributed by atoms with Crippen molar-refractivity contribution >= 4 is 22.5 Å². The fraction of sp³-hybridized carbons (Fsp3) is 0.667. The third kappa shape index (κ3) is 32.8. The molecule has 5 nitrogen and oxygen atoms in total. The third-order valence-electron chi connectivity index (χ3n) is 0.339. The first-order chi connectivity index (χ1) is 2.77. The van der Waals surface area contributed by atoms with Crippen LogP contribution in [-0.2, 0) is 4.79 Å². The van der Waals surface area contributed by atoms with Gasteiger partial charge in [-0.15, -0.1) is 0 Å². The smallest absolute Gasteiger partial charge is 0.870 e.